The van der Waals surface area contributed by atoms with E-state index in [9.17, 15) is 0 Å². The molecule has 1 aromatic heterocycles. The number of aromatic nitrogens is 3. The standard InChI is InChI=1S/C11H18N4/c1-2-6-11-10(5-1)13-14-15(11)9-4-3-7-12-8-9/h9,12H,1-8H2/t9-/m1/s1. The van der Waals surface area contributed by atoms with Gasteiger partial charge in [-0.15, -0.1) is 5.10 Å². The summed E-state index contributed by atoms with van der Waals surface area (Å²) in [4.78, 5) is 0. The fourth-order valence-corrected chi connectivity index (χ4v) is 2.72. The number of hydrogen-bond acceptors (Lipinski definition) is 3. The van der Waals surface area contributed by atoms with Crippen molar-refractivity contribution in [3.63, 3.8) is 0 Å². The third-order valence-electron chi connectivity index (χ3n) is 3.57. The van der Waals surface area contributed by atoms with Crippen LogP contribution in [0.4, 0.5) is 0 Å². The van der Waals surface area contributed by atoms with Crippen LogP contribution >= 0.6 is 0 Å². The number of fused-ring (bicyclic) bond motifs is 1. The molecule has 0 bridgehead atoms. The summed E-state index contributed by atoms with van der Waals surface area (Å²) in [5, 5.41) is 12.1. The molecule has 2 aliphatic rings. The van der Waals surface area contributed by atoms with Crippen LogP contribution in [-0.2, 0) is 12.8 Å². The second-order valence-corrected chi connectivity index (χ2v) is 4.63. The van der Waals surface area contributed by atoms with Gasteiger partial charge in [-0.05, 0) is 45.1 Å². The highest BCUT2D eigenvalue weighted by Crippen LogP contribution is 2.24. The van der Waals surface area contributed by atoms with Crippen molar-refractivity contribution in [3.8, 4) is 0 Å². The number of nitrogens with zero attached hydrogens (tertiary/aromatic N) is 3. The Morgan fingerprint density at radius 2 is 2.13 bits per heavy atom. The summed E-state index contributed by atoms with van der Waals surface area (Å²) in [7, 11) is 0. The molecule has 1 saturated heterocycles. The Morgan fingerprint density at radius 1 is 1.20 bits per heavy atom. The predicted octanol–water partition coefficient (Wildman–Crippen LogP) is 1.08. The molecule has 1 N–H and O–H groups in total. The summed E-state index contributed by atoms with van der Waals surface area (Å²) in [6.07, 6.45) is 7.42. The van der Waals surface area contributed by atoms with Crippen molar-refractivity contribution in [3.05, 3.63) is 11.4 Å². The zero-order valence-corrected chi connectivity index (χ0v) is 9.08. The van der Waals surface area contributed by atoms with Crippen LogP contribution in [0.25, 0.3) is 0 Å². The van der Waals surface area contributed by atoms with Gasteiger partial charge in [0.25, 0.3) is 0 Å². The zero-order valence-electron chi connectivity index (χ0n) is 9.08. The maximum absolute atomic E-state index is 4.35. The Balaban J connectivity index is 1.87. The average molecular weight is 206 g/mol. The molecular formula is C11H18N4. The van der Waals surface area contributed by atoms with Crippen LogP contribution in [0.1, 0.15) is 43.1 Å². The molecule has 1 fully saturated rings. The molecule has 1 atom stereocenters. The Hall–Kier alpha value is -0.900. The van der Waals surface area contributed by atoms with Crippen LogP contribution in [-0.4, -0.2) is 28.1 Å². The molecule has 2 heterocycles. The summed E-state index contributed by atoms with van der Waals surface area (Å²) in [5.41, 5.74) is 2.67. The number of nitrogens with one attached hydrogen (secondary N) is 1. The minimum Gasteiger partial charge on any atom is -0.315 e. The second kappa shape index (κ2) is 3.93. The summed E-state index contributed by atoms with van der Waals surface area (Å²) in [5.74, 6) is 0. The van der Waals surface area contributed by atoms with E-state index < -0.39 is 0 Å². The molecular weight excluding hydrogens is 188 g/mol. The van der Waals surface area contributed by atoms with Gasteiger partial charge in [0.15, 0.2) is 0 Å². The lowest BCUT2D eigenvalue weighted by molar-refractivity contribution is 0.332. The largest absolute Gasteiger partial charge is 0.315 e. The maximum atomic E-state index is 4.35. The van der Waals surface area contributed by atoms with Gasteiger partial charge in [-0.1, -0.05) is 5.21 Å². The molecule has 0 saturated carbocycles. The average Bonchev–Trinajstić information content (AvgIpc) is 2.74. The highest BCUT2D eigenvalue weighted by molar-refractivity contribution is 5.14. The first-order valence-corrected chi connectivity index (χ1v) is 6.09. The van der Waals surface area contributed by atoms with E-state index in [1.165, 1.54) is 43.5 Å². The molecule has 0 spiro atoms. The summed E-state index contributed by atoms with van der Waals surface area (Å²) in [6, 6.07) is 0.549. The molecule has 1 aliphatic heterocycles. The van der Waals surface area contributed by atoms with Gasteiger partial charge in [0.05, 0.1) is 17.4 Å². The van der Waals surface area contributed by atoms with E-state index in [2.05, 4.69) is 20.3 Å². The third-order valence-corrected chi connectivity index (χ3v) is 3.57. The van der Waals surface area contributed by atoms with Gasteiger partial charge in [-0.3, -0.25) is 0 Å². The molecule has 4 heteroatoms. The van der Waals surface area contributed by atoms with Crippen LogP contribution < -0.4 is 5.32 Å². The third kappa shape index (κ3) is 1.67. The van der Waals surface area contributed by atoms with Crippen molar-refractivity contribution in [1.82, 2.24) is 20.3 Å². The maximum Gasteiger partial charge on any atom is 0.0859 e. The topological polar surface area (TPSA) is 42.7 Å². The van der Waals surface area contributed by atoms with Crippen LogP contribution in [0, 0.1) is 0 Å². The van der Waals surface area contributed by atoms with Gasteiger partial charge in [0.2, 0.25) is 0 Å². The molecule has 0 aromatic carbocycles. The molecule has 0 unspecified atom stereocenters. The van der Waals surface area contributed by atoms with E-state index in [1.54, 1.807) is 0 Å². The first-order valence-electron chi connectivity index (χ1n) is 6.09. The van der Waals surface area contributed by atoms with Crippen LogP contribution in [0.2, 0.25) is 0 Å². The van der Waals surface area contributed by atoms with Gasteiger partial charge in [-0.2, -0.15) is 0 Å². The van der Waals surface area contributed by atoms with Gasteiger partial charge in [-0.25, -0.2) is 4.68 Å². The van der Waals surface area contributed by atoms with E-state index >= 15 is 0 Å². The number of rotatable bonds is 1. The quantitative estimate of drug-likeness (QED) is 0.747. The summed E-state index contributed by atoms with van der Waals surface area (Å²) >= 11 is 0. The lowest BCUT2D eigenvalue weighted by Gasteiger charge is -2.25. The monoisotopic (exact) mass is 206 g/mol. The highest BCUT2D eigenvalue weighted by atomic mass is 15.4. The first-order chi connectivity index (χ1) is 7.45. The van der Waals surface area contributed by atoms with Gasteiger partial charge in [0, 0.05) is 6.54 Å². The number of aryl methyl sites for hydroxylation is 1. The van der Waals surface area contributed by atoms with Crippen LogP contribution in [0.5, 0.6) is 0 Å². The highest BCUT2D eigenvalue weighted by Gasteiger charge is 2.23. The molecule has 0 amide bonds. The Kier molecular flexibility index (Phi) is 2.44. The first kappa shape index (κ1) is 9.33. The van der Waals surface area contributed by atoms with Crippen molar-refractivity contribution in [2.75, 3.05) is 13.1 Å². The van der Waals surface area contributed by atoms with E-state index in [-0.39, 0.29) is 0 Å². The van der Waals surface area contributed by atoms with E-state index in [0.29, 0.717) is 6.04 Å². The fourth-order valence-electron chi connectivity index (χ4n) is 2.72. The molecule has 4 nitrogen and oxygen atoms in total. The van der Waals surface area contributed by atoms with Crippen molar-refractivity contribution in [2.45, 2.75) is 44.6 Å². The molecule has 1 aromatic rings. The van der Waals surface area contributed by atoms with Crippen molar-refractivity contribution >= 4 is 0 Å². The van der Waals surface area contributed by atoms with Crippen molar-refractivity contribution in [1.29, 1.82) is 0 Å². The smallest absolute Gasteiger partial charge is 0.0859 e. The Labute approximate surface area is 90.0 Å². The molecule has 1 aliphatic carbocycles. The van der Waals surface area contributed by atoms with Crippen molar-refractivity contribution in [2.24, 2.45) is 0 Å². The van der Waals surface area contributed by atoms with Gasteiger partial charge < -0.3 is 5.32 Å². The van der Waals surface area contributed by atoms with E-state index in [0.717, 1.165) is 19.5 Å². The summed E-state index contributed by atoms with van der Waals surface area (Å²) < 4.78 is 2.20. The summed E-state index contributed by atoms with van der Waals surface area (Å²) in [6.45, 7) is 2.23. The molecule has 15 heavy (non-hydrogen) atoms. The van der Waals surface area contributed by atoms with Crippen molar-refractivity contribution < 1.29 is 0 Å². The SMILES string of the molecule is C1CCc2c(nnn2[C@@H]2CCCNC2)C1. The zero-order chi connectivity index (χ0) is 10.1. The van der Waals surface area contributed by atoms with Crippen LogP contribution in [0.15, 0.2) is 0 Å². The van der Waals surface area contributed by atoms with E-state index in [1.807, 2.05) is 0 Å². The van der Waals surface area contributed by atoms with E-state index in [4.69, 9.17) is 0 Å². The second-order valence-electron chi connectivity index (χ2n) is 4.63. The van der Waals surface area contributed by atoms with Gasteiger partial charge >= 0.3 is 0 Å². The molecule has 3 rings (SSSR count). The minimum atomic E-state index is 0.549. The fraction of sp³-hybridized carbons (Fsp3) is 0.818. The molecule has 0 radical (unpaired) electrons. The lowest BCUT2D eigenvalue weighted by atomic mass is 10.00. The minimum absolute atomic E-state index is 0.549. The Bertz CT molecular complexity index is 338. The lowest BCUT2D eigenvalue weighted by Crippen LogP contribution is -2.33. The van der Waals surface area contributed by atoms with Gasteiger partial charge in [0.1, 0.15) is 0 Å². The number of piperidine rings is 1. The molecule has 82 valence electrons. The van der Waals surface area contributed by atoms with Crippen LogP contribution in [0.3, 0.4) is 0 Å². The number of hydrogen-bond donors (Lipinski definition) is 1. The Morgan fingerprint density at radius 3 is 3.00 bits per heavy atom. The predicted molar refractivity (Wildman–Crippen MR) is 57.8 cm³/mol. The normalized spacial score (nSPS) is 26.3.